The van der Waals surface area contributed by atoms with E-state index in [1.54, 1.807) is 48.9 Å². The highest BCUT2D eigenvalue weighted by Gasteiger charge is 2.14. The molecule has 0 amide bonds. The molecule has 0 unspecified atom stereocenters. The first kappa shape index (κ1) is 14.1. The minimum atomic E-state index is -0.621. The Morgan fingerprint density at radius 3 is 2.88 bits per heavy atom. The van der Waals surface area contributed by atoms with Gasteiger partial charge >= 0.3 is 5.76 Å². The largest absolute Gasteiger partial charge is 0.442 e. The maximum atomic E-state index is 12.2. The van der Waals surface area contributed by atoms with Crippen molar-refractivity contribution in [3.8, 4) is 11.4 Å². The molecule has 24 heavy (non-hydrogen) atoms. The van der Waals surface area contributed by atoms with E-state index in [4.69, 9.17) is 4.52 Å². The van der Waals surface area contributed by atoms with Crippen LogP contribution in [0.4, 0.5) is 0 Å². The molecule has 4 heterocycles. The van der Waals surface area contributed by atoms with Crippen molar-refractivity contribution in [2.75, 3.05) is 0 Å². The van der Waals surface area contributed by atoms with Gasteiger partial charge in [-0.25, -0.2) is 9.78 Å². The van der Waals surface area contributed by atoms with Crippen LogP contribution < -0.4 is 11.3 Å². The van der Waals surface area contributed by atoms with Crippen molar-refractivity contribution in [1.82, 2.24) is 24.1 Å². The van der Waals surface area contributed by atoms with Crippen molar-refractivity contribution >= 4 is 5.65 Å². The lowest BCUT2D eigenvalue weighted by Gasteiger charge is -2.05. The molecule has 0 N–H and O–H groups in total. The number of hydrogen-bond donors (Lipinski definition) is 0. The Kier molecular flexibility index (Phi) is 3.27. The molecule has 8 heteroatoms. The SMILES string of the molecule is O=c1onc(-c2cccnc2)n1Cc1cc(=O)n2ccccc2n1. The summed E-state index contributed by atoms with van der Waals surface area (Å²) in [6.45, 7) is 0.0766. The average Bonchev–Trinajstić information content (AvgIpc) is 2.96. The Morgan fingerprint density at radius 2 is 2.04 bits per heavy atom. The number of fused-ring (bicyclic) bond motifs is 1. The van der Waals surface area contributed by atoms with E-state index in [2.05, 4.69) is 15.1 Å². The quantitative estimate of drug-likeness (QED) is 0.557. The molecule has 0 spiro atoms. The van der Waals surface area contributed by atoms with E-state index in [1.807, 2.05) is 0 Å². The van der Waals surface area contributed by atoms with Gasteiger partial charge in [0.05, 0.1) is 12.2 Å². The predicted molar refractivity (Wildman–Crippen MR) is 84.6 cm³/mol. The second-order valence-electron chi connectivity index (χ2n) is 5.11. The Balaban J connectivity index is 1.81. The zero-order valence-corrected chi connectivity index (χ0v) is 12.4. The van der Waals surface area contributed by atoms with Gasteiger partial charge in [-0.2, -0.15) is 0 Å². The zero-order chi connectivity index (χ0) is 16.5. The summed E-state index contributed by atoms with van der Waals surface area (Å²) in [6, 6.07) is 10.2. The summed E-state index contributed by atoms with van der Waals surface area (Å²) in [5, 5.41) is 3.79. The average molecular weight is 321 g/mol. The summed E-state index contributed by atoms with van der Waals surface area (Å²) in [7, 11) is 0. The van der Waals surface area contributed by atoms with E-state index in [1.165, 1.54) is 15.0 Å². The fourth-order valence-electron chi connectivity index (χ4n) is 2.46. The van der Waals surface area contributed by atoms with Crippen molar-refractivity contribution in [1.29, 1.82) is 0 Å². The van der Waals surface area contributed by atoms with Crippen LogP contribution in [0, 0.1) is 0 Å². The number of rotatable bonds is 3. The number of aromatic nitrogens is 5. The molecule has 0 aliphatic carbocycles. The number of nitrogens with zero attached hydrogens (tertiary/aromatic N) is 5. The Labute approximate surface area is 134 Å². The number of pyridine rings is 2. The Hall–Kier alpha value is -3.55. The summed E-state index contributed by atoms with van der Waals surface area (Å²) in [6.07, 6.45) is 4.84. The van der Waals surface area contributed by atoms with Crippen molar-refractivity contribution in [2.24, 2.45) is 0 Å². The summed E-state index contributed by atoms with van der Waals surface area (Å²) >= 11 is 0. The second kappa shape index (κ2) is 5.58. The summed E-state index contributed by atoms with van der Waals surface area (Å²) in [5.74, 6) is -0.285. The summed E-state index contributed by atoms with van der Waals surface area (Å²) in [4.78, 5) is 32.5. The fraction of sp³-hybridized carbons (Fsp3) is 0.0625. The smallest absolute Gasteiger partial charge is 0.295 e. The third-order valence-electron chi connectivity index (χ3n) is 3.55. The van der Waals surface area contributed by atoms with Crippen LogP contribution in [-0.4, -0.2) is 24.1 Å². The highest BCUT2D eigenvalue weighted by molar-refractivity contribution is 5.52. The van der Waals surface area contributed by atoms with Gasteiger partial charge in [0.25, 0.3) is 5.56 Å². The molecule has 4 rings (SSSR count). The normalized spacial score (nSPS) is 11.0. The number of hydrogen-bond acceptors (Lipinski definition) is 6. The molecule has 4 aromatic rings. The van der Waals surface area contributed by atoms with Gasteiger partial charge in [0.1, 0.15) is 5.65 Å². The van der Waals surface area contributed by atoms with Gasteiger partial charge in [0.15, 0.2) is 5.82 Å². The molecule has 0 fully saturated rings. The lowest BCUT2D eigenvalue weighted by molar-refractivity contribution is 0.378. The minimum absolute atomic E-state index is 0.0766. The molecule has 0 atom stereocenters. The Bertz CT molecular complexity index is 1130. The lowest BCUT2D eigenvalue weighted by Crippen LogP contribution is -2.20. The highest BCUT2D eigenvalue weighted by Crippen LogP contribution is 2.14. The van der Waals surface area contributed by atoms with Gasteiger partial charge in [-0.1, -0.05) is 11.2 Å². The minimum Gasteiger partial charge on any atom is -0.295 e. The van der Waals surface area contributed by atoms with Gasteiger partial charge in [-0.15, -0.1) is 0 Å². The van der Waals surface area contributed by atoms with Gasteiger partial charge < -0.3 is 0 Å². The third kappa shape index (κ3) is 2.39. The van der Waals surface area contributed by atoms with E-state index in [-0.39, 0.29) is 12.1 Å². The molecule has 0 aromatic carbocycles. The van der Waals surface area contributed by atoms with Crippen molar-refractivity contribution in [3.63, 3.8) is 0 Å². The molecule has 0 saturated heterocycles. The molecule has 0 saturated carbocycles. The fourth-order valence-corrected chi connectivity index (χ4v) is 2.46. The highest BCUT2D eigenvalue weighted by atomic mass is 16.5. The lowest BCUT2D eigenvalue weighted by atomic mass is 10.2. The first-order valence-corrected chi connectivity index (χ1v) is 7.16. The van der Waals surface area contributed by atoms with Crippen molar-refractivity contribution < 1.29 is 4.52 Å². The van der Waals surface area contributed by atoms with E-state index >= 15 is 0 Å². The van der Waals surface area contributed by atoms with Crippen LogP contribution in [0.25, 0.3) is 17.0 Å². The van der Waals surface area contributed by atoms with Gasteiger partial charge in [-0.3, -0.25) is 23.3 Å². The van der Waals surface area contributed by atoms with Crippen LogP contribution in [0.3, 0.4) is 0 Å². The monoisotopic (exact) mass is 321 g/mol. The van der Waals surface area contributed by atoms with Crippen LogP contribution >= 0.6 is 0 Å². The van der Waals surface area contributed by atoms with Crippen LogP contribution in [-0.2, 0) is 6.54 Å². The summed E-state index contributed by atoms with van der Waals surface area (Å²) < 4.78 is 7.51. The van der Waals surface area contributed by atoms with Crippen molar-refractivity contribution in [2.45, 2.75) is 6.54 Å². The van der Waals surface area contributed by atoms with Crippen LogP contribution in [0.5, 0.6) is 0 Å². The maximum absolute atomic E-state index is 12.2. The van der Waals surface area contributed by atoms with Crippen LogP contribution in [0.15, 0.2) is 69.1 Å². The molecular weight excluding hydrogens is 310 g/mol. The molecule has 118 valence electrons. The van der Waals surface area contributed by atoms with Crippen molar-refractivity contribution in [3.05, 3.63) is 81.6 Å². The topological polar surface area (TPSA) is 95.3 Å². The molecule has 0 bridgehead atoms. The molecule has 4 aromatic heterocycles. The van der Waals surface area contributed by atoms with E-state index < -0.39 is 5.76 Å². The van der Waals surface area contributed by atoms with Gasteiger partial charge in [0.2, 0.25) is 0 Å². The zero-order valence-electron chi connectivity index (χ0n) is 12.4. The predicted octanol–water partition coefficient (Wildman–Crippen LogP) is 0.954. The Morgan fingerprint density at radius 1 is 1.12 bits per heavy atom. The van der Waals surface area contributed by atoms with Crippen LogP contribution in [0.2, 0.25) is 0 Å². The molecule has 0 aliphatic heterocycles. The van der Waals surface area contributed by atoms with Gasteiger partial charge in [0, 0.05) is 30.2 Å². The molecule has 0 aliphatic rings. The third-order valence-corrected chi connectivity index (χ3v) is 3.55. The first-order valence-electron chi connectivity index (χ1n) is 7.16. The first-order chi connectivity index (χ1) is 11.7. The molecule has 0 radical (unpaired) electrons. The molecular formula is C16H11N5O3. The maximum Gasteiger partial charge on any atom is 0.442 e. The van der Waals surface area contributed by atoms with E-state index in [0.717, 1.165) is 0 Å². The van der Waals surface area contributed by atoms with Crippen LogP contribution in [0.1, 0.15) is 5.69 Å². The summed E-state index contributed by atoms with van der Waals surface area (Å²) in [5.41, 5.74) is 1.37. The standard InChI is InChI=1S/C16H11N5O3/c22-14-8-12(18-13-5-1-2-7-20(13)14)10-21-15(19-24-16(21)23)11-4-3-6-17-9-11/h1-9H,10H2. The molecule has 8 nitrogen and oxygen atoms in total. The van der Waals surface area contributed by atoms with Gasteiger partial charge in [-0.05, 0) is 24.3 Å². The van der Waals surface area contributed by atoms with E-state index in [9.17, 15) is 9.59 Å². The second-order valence-corrected chi connectivity index (χ2v) is 5.11. The van der Waals surface area contributed by atoms with E-state index in [0.29, 0.717) is 22.7 Å².